The smallest absolute Gasteiger partial charge is 0.338 e. The molecular weight excluding hydrogens is 263 g/mol. The molecule has 0 aliphatic heterocycles. The fourth-order valence-corrected chi connectivity index (χ4v) is 1.71. The first kappa shape index (κ1) is 14.0. The summed E-state index contributed by atoms with van der Waals surface area (Å²) >= 11 is 11.3. The molecule has 5 heteroatoms. The van der Waals surface area contributed by atoms with Gasteiger partial charge in [0.2, 0.25) is 0 Å². The molecule has 1 aromatic carbocycles. The molecule has 0 fully saturated rings. The molecule has 1 rings (SSSR count). The van der Waals surface area contributed by atoms with E-state index < -0.39 is 5.97 Å². The standard InChI is InChI=1S/C12H12Cl2O3/c1-2-17-12(16)9-3-8(4-10(14)6-9)5-11(15)7-13/h3-4,6H,2,5,7H2,1H3. The van der Waals surface area contributed by atoms with E-state index in [2.05, 4.69) is 0 Å². The third-order valence-electron chi connectivity index (χ3n) is 2.02. The number of Topliss-reactive ketones (excluding diaryl/α,β-unsaturated/α-hetero) is 1. The number of ketones is 1. The van der Waals surface area contributed by atoms with Crippen molar-refractivity contribution in [2.75, 3.05) is 12.5 Å². The third kappa shape index (κ3) is 4.36. The third-order valence-corrected chi connectivity index (χ3v) is 2.54. The van der Waals surface area contributed by atoms with Crippen LogP contribution in [0.3, 0.4) is 0 Å². The molecule has 0 unspecified atom stereocenters. The second-order valence-corrected chi connectivity index (χ2v) is 4.12. The first-order chi connectivity index (χ1) is 8.06. The summed E-state index contributed by atoms with van der Waals surface area (Å²) in [6.45, 7) is 2.02. The average Bonchev–Trinajstić information content (AvgIpc) is 2.28. The Balaban J connectivity index is 2.93. The molecule has 92 valence electrons. The Morgan fingerprint density at radius 3 is 2.59 bits per heavy atom. The van der Waals surface area contributed by atoms with Gasteiger partial charge in [0.1, 0.15) is 0 Å². The highest BCUT2D eigenvalue weighted by atomic mass is 35.5. The SMILES string of the molecule is CCOC(=O)c1cc(Cl)cc(CC(=O)CCl)c1. The van der Waals surface area contributed by atoms with Crippen LogP contribution >= 0.6 is 23.2 Å². The number of benzene rings is 1. The van der Waals surface area contributed by atoms with Crippen LogP contribution in [0.4, 0.5) is 0 Å². The maximum absolute atomic E-state index is 11.5. The molecule has 0 radical (unpaired) electrons. The molecule has 1 aromatic rings. The highest BCUT2D eigenvalue weighted by molar-refractivity contribution is 6.31. The molecular formula is C12H12Cl2O3. The van der Waals surface area contributed by atoms with Crippen LogP contribution in [0.1, 0.15) is 22.8 Å². The zero-order valence-electron chi connectivity index (χ0n) is 9.33. The van der Waals surface area contributed by atoms with E-state index >= 15 is 0 Å². The van der Waals surface area contributed by atoms with Crippen molar-refractivity contribution < 1.29 is 14.3 Å². The highest BCUT2D eigenvalue weighted by Gasteiger charge is 2.10. The summed E-state index contributed by atoms with van der Waals surface area (Å²) in [5, 5.41) is 0.396. The van der Waals surface area contributed by atoms with Crippen LogP contribution in [-0.4, -0.2) is 24.2 Å². The van der Waals surface area contributed by atoms with Gasteiger partial charge in [-0.2, -0.15) is 0 Å². The van der Waals surface area contributed by atoms with Crippen LogP contribution in [0.15, 0.2) is 18.2 Å². The van der Waals surface area contributed by atoms with Crippen molar-refractivity contribution >= 4 is 35.0 Å². The fourth-order valence-electron chi connectivity index (χ4n) is 1.36. The van der Waals surface area contributed by atoms with Crippen LogP contribution in [0.25, 0.3) is 0 Å². The monoisotopic (exact) mass is 274 g/mol. The van der Waals surface area contributed by atoms with Crippen molar-refractivity contribution in [3.8, 4) is 0 Å². The predicted molar refractivity (Wildman–Crippen MR) is 66.8 cm³/mol. The molecule has 0 spiro atoms. The second kappa shape index (κ2) is 6.62. The molecule has 0 saturated carbocycles. The maximum Gasteiger partial charge on any atom is 0.338 e. The van der Waals surface area contributed by atoms with Crippen molar-refractivity contribution in [1.29, 1.82) is 0 Å². The van der Waals surface area contributed by atoms with E-state index in [1.54, 1.807) is 19.1 Å². The summed E-state index contributed by atoms with van der Waals surface area (Å²) < 4.78 is 4.86. The molecule has 0 bridgehead atoms. The topological polar surface area (TPSA) is 43.4 Å². The van der Waals surface area contributed by atoms with Crippen LogP contribution in [0.5, 0.6) is 0 Å². The van der Waals surface area contributed by atoms with E-state index in [1.807, 2.05) is 0 Å². The van der Waals surface area contributed by atoms with Crippen LogP contribution in [0.2, 0.25) is 5.02 Å². The molecule has 0 heterocycles. The minimum atomic E-state index is -0.449. The Morgan fingerprint density at radius 2 is 2.00 bits per heavy atom. The van der Waals surface area contributed by atoms with Gasteiger partial charge in [-0.1, -0.05) is 11.6 Å². The van der Waals surface area contributed by atoms with Crippen LogP contribution < -0.4 is 0 Å². The van der Waals surface area contributed by atoms with Gasteiger partial charge in [0.25, 0.3) is 0 Å². The van der Waals surface area contributed by atoms with E-state index in [4.69, 9.17) is 27.9 Å². The quantitative estimate of drug-likeness (QED) is 0.613. The molecule has 0 atom stereocenters. The van der Waals surface area contributed by atoms with Crippen molar-refractivity contribution in [2.45, 2.75) is 13.3 Å². The van der Waals surface area contributed by atoms with E-state index in [1.165, 1.54) is 6.07 Å². The summed E-state index contributed by atoms with van der Waals surface area (Å²) in [4.78, 5) is 22.7. The zero-order valence-corrected chi connectivity index (χ0v) is 10.8. The van der Waals surface area contributed by atoms with E-state index in [-0.39, 0.29) is 18.1 Å². The number of carbonyl (C=O) groups is 2. The number of hydrogen-bond donors (Lipinski definition) is 0. The van der Waals surface area contributed by atoms with E-state index in [0.717, 1.165) is 0 Å². The van der Waals surface area contributed by atoms with Gasteiger partial charge < -0.3 is 4.74 Å². The number of rotatable bonds is 5. The molecule has 0 aliphatic carbocycles. The van der Waals surface area contributed by atoms with Gasteiger partial charge in [-0.25, -0.2) is 4.79 Å². The summed E-state index contributed by atoms with van der Waals surface area (Å²) in [7, 11) is 0. The molecule has 0 aliphatic rings. The van der Waals surface area contributed by atoms with Gasteiger partial charge in [-0.3, -0.25) is 4.79 Å². The van der Waals surface area contributed by atoms with Gasteiger partial charge in [0.05, 0.1) is 18.1 Å². The Morgan fingerprint density at radius 1 is 1.29 bits per heavy atom. The number of ether oxygens (including phenoxy) is 1. The second-order valence-electron chi connectivity index (χ2n) is 3.42. The number of esters is 1. The zero-order chi connectivity index (χ0) is 12.8. The van der Waals surface area contributed by atoms with Gasteiger partial charge in [0, 0.05) is 11.4 Å². The minimum Gasteiger partial charge on any atom is -0.462 e. The van der Waals surface area contributed by atoms with Crippen molar-refractivity contribution in [3.05, 3.63) is 34.3 Å². The fraction of sp³-hybridized carbons (Fsp3) is 0.333. The van der Waals surface area contributed by atoms with Crippen LogP contribution in [0, 0.1) is 0 Å². The van der Waals surface area contributed by atoms with Gasteiger partial charge in [-0.05, 0) is 30.7 Å². The average molecular weight is 275 g/mol. The molecule has 17 heavy (non-hydrogen) atoms. The van der Waals surface area contributed by atoms with Crippen molar-refractivity contribution in [2.24, 2.45) is 0 Å². The summed E-state index contributed by atoms with van der Waals surface area (Å²) in [6, 6.07) is 4.73. The lowest BCUT2D eigenvalue weighted by Crippen LogP contribution is -2.08. The van der Waals surface area contributed by atoms with Gasteiger partial charge in [-0.15, -0.1) is 11.6 Å². The van der Waals surface area contributed by atoms with Crippen LogP contribution in [-0.2, 0) is 16.0 Å². The Kier molecular flexibility index (Phi) is 5.45. The summed E-state index contributed by atoms with van der Waals surface area (Å²) in [5.41, 5.74) is 1.00. The van der Waals surface area contributed by atoms with E-state index in [0.29, 0.717) is 22.8 Å². The lowest BCUT2D eigenvalue weighted by molar-refractivity contribution is -0.116. The summed E-state index contributed by atoms with van der Waals surface area (Å²) in [5.74, 6) is -0.625. The predicted octanol–water partition coefficient (Wildman–Crippen LogP) is 2.87. The highest BCUT2D eigenvalue weighted by Crippen LogP contribution is 2.17. The number of carbonyl (C=O) groups excluding carboxylic acids is 2. The minimum absolute atomic E-state index is 0.0543. The first-order valence-electron chi connectivity index (χ1n) is 5.11. The normalized spacial score (nSPS) is 10.1. The van der Waals surface area contributed by atoms with Gasteiger partial charge in [0.15, 0.2) is 5.78 Å². The van der Waals surface area contributed by atoms with Crippen molar-refractivity contribution in [1.82, 2.24) is 0 Å². The molecule has 0 amide bonds. The summed E-state index contributed by atoms with van der Waals surface area (Å²) in [6.07, 6.45) is 0.163. The lowest BCUT2D eigenvalue weighted by atomic mass is 10.1. The lowest BCUT2D eigenvalue weighted by Gasteiger charge is -2.05. The molecule has 0 saturated heterocycles. The molecule has 3 nitrogen and oxygen atoms in total. The Hall–Kier alpha value is -1.06. The maximum atomic E-state index is 11.5. The number of halogens is 2. The largest absolute Gasteiger partial charge is 0.462 e. The first-order valence-corrected chi connectivity index (χ1v) is 6.02. The Bertz CT molecular complexity index is 430. The van der Waals surface area contributed by atoms with E-state index in [9.17, 15) is 9.59 Å². The molecule has 0 N–H and O–H groups in total. The Labute approximate surface area is 110 Å². The molecule has 0 aromatic heterocycles. The number of hydrogen-bond acceptors (Lipinski definition) is 3. The number of alkyl halides is 1. The van der Waals surface area contributed by atoms with Crippen molar-refractivity contribution in [3.63, 3.8) is 0 Å². The van der Waals surface area contributed by atoms with Gasteiger partial charge >= 0.3 is 5.97 Å².